The Balaban J connectivity index is 3.83. The Labute approximate surface area is 104 Å². The van der Waals surface area contributed by atoms with Gasteiger partial charge < -0.3 is 15.3 Å². The number of phenols is 1. The predicted octanol–water partition coefficient (Wildman–Crippen LogP) is 2.75. The first kappa shape index (κ1) is 12.9. The third-order valence-corrected chi connectivity index (χ3v) is 2.94. The second-order valence-electron chi connectivity index (χ2n) is 2.65. The van der Waals surface area contributed by atoms with Crippen LogP contribution in [0.25, 0.3) is 0 Å². The number of hydrogen-bond acceptors (Lipinski definition) is 3. The first-order valence-electron chi connectivity index (χ1n) is 3.65. The van der Waals surface area contributed by atoms with E-state index in [1.807, 2.05) is 0 Å². The molecule has 1 aromatic rings. The summed E-state index contributed by atoms with van der Waals surface area (Å²) in [7, 11) is 0. The molecule has 0 spiro atoms. The first-order chi connectivity index (χ1) is 7.29. The van der Waals surface area contributed by atoms with Gasteiger partial charge >= 0.3 is 11.9 Å². The van der Waals surface area contributed by atoms with Crippen LogP contribution in [-0.4, -0.2) is 27.3 Å². The second kappa shape index (κ2) is 4.37. The predicted molar refractivity (Wildman–Crippen MR) is 57.1 cm³/mol. The van der Waals surface area contributed by atoms with Crippen LogP contribution >= 0.6 is 34.8 Å². The number of aromatic carboxylic acids is 2. The third-order valence-electron chi connectivity index (χ3n) is 1.73. The number of carboxylic acid groups (broad SMARTS) is 2. The molecule has 3 N–H and O–H groups in total. The molecule has 8 heteroatoms. The van der Waals surface area contributed by atoms with E-state index in [0.29, 0.717) is 0 Å². The van der Waals surface area contributed by atoms with Gasteiger partial charge in [-0.3, -0.25) is 0 Å². The van der Waals surface area contributed by atoms with Gasteiger partial charge in [0.2, 0.25) is 0 Å². The molecule has 0 amide bonds. The van der Waals surface area contributed by atoms with Gasteiger partial charge in [0, 0.05) is 0 Å². The topological polar surface area (TPSA) is 94.8 Å². The Morgan fingerprint density at radius 3 is 1.56 bits per heavy atom. The Morgan fingerprint density at radius 2 is 1.19 bits per heavy atom. The average Bonchev–Trinajstić information content (AvgIpc) is 2.18. The number of hydrogen-bond donors (Lipinski definition) is 3. The van der Waals surface area contributed by atoms with Crippen molar-refractivity contribution >= 4 is 46.7 Å². The molecule has 16 heavy (non-hydrogen) atoms. The fourth-order valence-electron chi connectivity index (χ4n) is 1.05. The lowest BCUT2D eigenvalue weighted by Gasteiger charge is -2.10. The molecule has 0 atom stereocenters. The first-order valence-corrected chi connectivity index (χ1v) is 4.78. The van der Waals surface area contributed by atoms with Crippen molar-refractivity contribution in [2.45, 2.75) is 0 Å². The number of aromatic hydroxyl groups is 1. The van der Waals surface area contributed by atoms with Crippen LogP contribution in [0.15, 0.2) is 0 Å². The maximum Gasteiger partial charge on any atom is 0.338 e. The van der Waals surface area contributed by atoms with Crippen LogP contribution in [0.4, 0.5) is 0 Å². The maximum absolute atomic E-state index is 10.8. The summed E-state index contributed by atoms with van der Waals surface area (Å²) in [6.45, 7) is 0. The van der Waals surface area contributed by atoms with E-state index in [-0.39, 0.29) is 0 Å². The second-order valence-corrected chi connectivity index (χ2v) is 3.78. The molecular formula is C8H3Cl3O5. The van der Waals surface area contributed by atoms with Gasteiger partial charge in [-0.25, -0.2) is 9.59 Å². The SMILES string of the molecule is O=C(O)c1c(Cl)c(O)c(Cl)c(Cl)c1C(=O)O. The van der Waals surface area contributed by atoms with Crippen LogP contribution in [0.3, 0.4) is 0 Å². The molecule has 0 saturated heterocycles. The molecule has 0 fully saturated rings. The Kier molecular flexibility index (Phi) is 3.52. The van der Waals surface area contributed by atoms with Crippen molar-refractivity contribution in [3.63, 3.8) is 0 Å². The van der Waals surface area contributed by atoms with Gasteiger partial charge in [-0.05, 0) is 0 Å². The molecular weight excluding hydrogens is 282 g/mol. The van der Waals surface area contributed by atoms with Crippen LogP contribution in [0, 0.1) is 0 Å². The lowest BCUT2D eigenvalue weighted by atomic mass is 10.1. The average molecular weight is 285 g/mol. The molecule has 0 radical (unpaired) electrons. The lowest BCUT2D eigenvalue weighted by molar-refractivity contribution is 0.0651. The zero-order valence-electron chi connectivity index (χ0n) is 7.29. The number of rotatable bonds is 2. The van der Waals surface area contributed by atoms with Crippen molar-refractivity contribution in [1.82, 2.24) is 0 Å². The summed E-state index contributed by atoms with van der Waals surface area (Å²) in [6.07, 6.45) is 0. The molecule has 86 valence electrons. The van der Waals surface area contributed by atoms with Crippen molar-refractivity contribution in [2.75, 3.05) is 0 Å². The molecule has 0 aliphatic heterocycles. The number of halogens is 3. The van der Waals surface area contributed by atoms with E-state index < -0.39 is 43.9 Å². The van der Waals surface area contributed by atoms with E-state index in [1.54, 1.807) is 0 Å². The summed E-state index contributed by atoms with van der Waals surface area (Å²) in [6, 6.07) is 0. The number of carboxylic acids is 2. The number of benzene rings is 1. The van der Waals surface area contributed by atoms with E-state index in [0.717, 1.165) is 0 Å². The molecule has 0 aromatic heterocycles. The summed E-state index contributed by atoms with van der Waals surface area (Å²) in [5, 5.41) is 25.1. The van der Waals surface area contributed by atoms with Gasteiger partial charge in [0.05, 0.1) is 21.2 Å². The molecule has 0 aliphatic rings. The number of carbonyl (C=O) groups is 2. The van der Waals surface area contributed by atoms with Crippen molar-refractivity contribution in [3.05, 3.63) is 26.2 Å². The summed E-state index contributed by atoms with van der Waals surface area (Å²) in [5.74, 6) is -4.00. The van der Waals surface area contributed by atoms with Crippen LogP contribution < -0.4 is 0 Å². The lowest BCUT2D eigenvalue weighted by Crippen LogP contribution is -2.10. The maximum atomic E-state index is 10.8. The van der Waals surface area contributed by atoms with Crippen molar-refractivity contribution in [3.8, 4) is 5.75 Å². The van der Waals surface area contributed by atoms with Gasteiger partial charge in [0.25, 0.3) is 0 Å². The van der Waals surface area contributed by atoms with E-state index in [4.69, 9.17) is 45.0 Å². The molecule has 0 aliphatic carbocycles. The minimum absolute atomic E-state index is 0.505. The molecule has 0 saturated carbocycles. The van der Waals surface area contributed by atoms with Crippen LogP contribution in [0.5, 0.6) is 5.75 Å². The van der Waals surface area contributed by atoms with E-state index >= 15 is 0 Å². The van der Waals surface area contributed by atoms with E-state index in [2.05, 4.69) is 0 Å². The highest BCUT2D eigenvalue weighted by molar-refractivity contribution is 6.47. The fourth-order valence-corrected chi connectivity index (χ4v) is 1.82. The summed E-state index contributed by atoms with van der Waals surface area (Å²) in [4.78, 5) is 21.6. The molecule has 0 unspecified atom stereocenters. The summed E-state index contributed by atoms with van der Waals surface area (Å²) in [5.41, 5.74) is -1.57. The van der Waals surface area contributed by atoms with Gasteiger partial charge in [-0.2, -0.15) is 0 Å². The standard InChI is InChI=1S/C8H3Cl3O5/c9-3-1(7(13)14)2(8(15)16)4(10)6(12)5(3)11/h12H,(H,13,14)(H,15,16). The van der Waals surface area contributed by atoms with Crippen molar-refractivity contribution in [1.29, 1.82) is 0 Å². The van der Waals surface area contributed by atoms with Crippen molar-refractivity contribution < 1.29 is 24.9 Å². The molecule has 0 bridgehead atoms. The van der Waals surface area contributed by atoms with E-state index in [1.165, 1.54) is 0 Å². The molecule has 5 nitrogen and oxygen atoms in total. The zero-order chi connectivity index (χ0) is 12.6. The van der Waals surface area contributed by atoms with Gasteiger partial charge in [0.15, 0.2) is 5.75 Å². The van der Waals surface area contributed by atoms with Crippen LogP contribution in [0.2, 0.25) is 15.1 Å². The van der Waals surface area contributed by atoms with Gasteiger partial charge in [-0.15, -0.1) is 0 Å². The zero-order valence-corrected chi connectivity index (χ0v) is 9.56. The highest BCUT2D eigenvalue weighted by Crippen LogP contribution is 2.42. The minimum atomic E-state index is -1.63. The molecule has 0 heterocycles. The minimum Gasteiger partial charge on any atom is -0.505 e. The molecule has 1 rings (SSSR count). The van der Waals surface area contributed by atoms with Crippen LogP contribution in [-0.2, 0) is 0 Å². The smallest absolute Gasteiger partial charge is 0.338 e. The fraction of sp³-hybridized carbons (Fsp3) is 0. The van der Waals surface area contributed by atoms with Crippen molar-refractivity contribution in [2.24, 2.45) is 0 Å². The van der Waals surface area contributed by atoms with Gasteiger partial charge in [-0.1, -0.05) is 34.8 Å². The Morgan fingerprint density at radius 1 is 0.812 bits per heavy atom. The molecule has 1 aromatic carbocycles. The summed E-state index contributed by atoms with van der Waals surface area (Å²) < 4.78 is 0. The largest absolute Gasteiger partial charge is 0.505 e. The Bertz CT molecular complexity index is 452. The Hall–Kier alpha value is -1.17. The third kappa shape index (κ3) is 1.89. The quantitative estimate of drug-likeness (QED) is 0.726. The number of phenolic OH excluding ortho intramolecular Hbond substituents is 1. The monoisotopic (exact) mass is 284 g/mol. The van der Waals surface area contributed by atoms with Gasteiger partial charge in [0.1, 0.15) is 5.02 Å². The van der Waals surface area contributed by atoms with Crippen LogP contribution in [0.1, 0.15) is 20.7 Å². The highest BCUT2D eigenvalue weighted by atomic mass is 35.5. The highest BCUT2D eigenvalue weighted by Gasteiger charge is 2.28. The normalized spacial score (nSPS) is 10.2. The summed E-state index contributed by atoms with van der Waals surface area (Å²) >= 11 is 16.5. The van der Waals surface area contributed by atoms with E-state index in [9.17, 15) is 14.7 Å².